The smallest absolute Gasteiger partial charge is 0.106 e. The predicted octanol–water partition coefficient (Wildman–Crippen LogP) is 13.3. The fourth-order valence-electron chi connectivity index (χ4n) is 9.53. The normalized spacial score (nSPS) is 11.8. The summed E-state index contributed by atoms with van der Waals surface area (Å²) in [5.41, 5.74) is 20.9. The molecule has 2 heterocycles. The Labute approximate surface area is 359 Å². The summed E-state index contributed by atoms with van der Waals surface area (Å²) in [6, 6.07) is 75.1. The van der Waals surface area contributed by atoms with Gasteiger partial charge in [0.1, 0.15) is 11.4 Å². The number of aromatic nitrogens is 3. The second-order valence-electron chi connectivity index (χ2n) is 15.7. The molecule has 4 heteroatoms. The van der Waals surface area contributed by atoms with E-state index in [1.165, 1.54) is 0 Å². The first-order chi connectivity index (χ1) is 30.8. The maximum Gasteiger partial charge on any atom is 0.106 e. The van der Waals surface area contributed by atoms with Gasteiger partial charge in [-0.2, -0.15) is 0 Å². The van der Waals surface area contributed by atoms with Gasteiger partial charge in [0.25, 0.3) is 0 Å². The second kappa shape index (κ2) is 14.7. The van der Waals surface area contributed by atoms with Crippen LogP contribution in [0.15, 0.2) is 217 Å². The molecule has 2 aliphatic rings. The molecule has 0 spiro atoms. The summed E-state index contributed by atoms with van der Waals surface area (Å²) in [4.78, 5) is 5.24. The molecule has 10 aromatic rings. The van der Waals surface area contributed by atoms with Crippen molar-refractivity contribution in [3.8, 4) is 100 Å². The first-order valence-corrected chi connectivity index (χ1v) is 21.0. The third kappa shape index (κ3) is 5.76. The van der Waals surface area contributed by atoms with Crippen molar-refractivity contribution in [2.75, 3.05) is 0 Å². The standard InChI is InChI=1S/C58H36N4/c1-4-18-37(19-5-1)40-24-10-13-27-43(40)48-34-32-44-45-33-35-50-46-28-16-17-31-53(46)59-56(50)52(45)36-51(44)54(48)58-55(47-29-14-11-25-41(47)38-20-6-2-7-21-38)57(60-62-61-58)49-30-15-12-26-42(49)39-22-8-3-9-23-39/h1-36H. The van der Waals surface area contributed by atoms with Crippen molar-refractivity contribution in [3.63, 3.8) is 0 Å². The van der Waals surface area contributed by atoms with Crippen LogP contribution >= 0.6 is 0 Å². The van der Waals surface area contributed by atoms with Gasteiger partial charge in [-0.3, -0.25) is 0 Å². The van der Waals surface area contributed by atoms with Gasteiger partial charge in [-0.05, 0) is 84.1 Å². The van der Waals surface area contributed by atoms with Crippen LogP contribution in [0.25, 0.3) is 106 Å². The Balaban J connectivity index is 1.22. The molecule has 9 aromatic carbocycles. The quantitative estimate of drug-likeness (QED) is 0.162. The molecule has 0 saturated carbocycles. The Morgan fingerprint density at radius 2 is 0.726 bits per heavy atom. The van der Waals surface area contributed by atoms with Crippen molar-refractivity contribution in [2.24, 2.45) is 4.99 Å². The van der Waals surface area contributed by atoms with Gasteiger partial charge in [0.2, 0.25) is 0 Å². The van der Waals surface area contributed by atoms with Gasteiger partial charge < -0.3 is 0 Å². The fraction of sp³-hybridized carbons (Fsp3) is 0. The van der Waals surface area contributed by atoms with Crippen LogP contribution < -0.4 is 10.6 Å². The van der Waals surface area contributed by atoms with Gasteiger partial charge in [0, 0.05) is 33.0 Å². The largest absolute Gasteiger partial charge is 0.247 e. The SMILES string of the molecule is C1=c2c(ccc3c2=Nc2ccccc2-3)-c2ccc(-c3ccccc3-c3ccccc3)c(-c3nnnc(-c4ccccc4-c4ccccc4)c3-c3ccccc3-c3ccccc3)c21. The van der Waals surface area contributed by atoms with Crippen molar-refractivity contribution in [3.05, 3.63) is 228 Å². The molecule has 0 unspecified atom stereocenters. The molecule has 0 saturated heterocycles. The number of benzene rings is 9. The average molecular weight is 789 g/mol. The zero-order chi connectivity index (χ0) is 41.0. The van der Waals surface area contributed by atoms with Crippen molar-refractivity contribution in [1.82, 2.24) is 15.4 Å². The van der Waals surface area contributed by atoms with Gasteiger partial charge in [0.05, 0.1) is 11.0 Å². The number of hydrogen-bond acceptors (Lipinski definition) is 4. The Kier molecular flexibility index (Phi) is 8.46. The number of rotatable bonds is 7. The van der Waals surface area contributed by atoms with Crippen LogP contribution in [0.4, 0.5) is 5.69 Å². The van der Waals surface area contributed by atoms with E-state index < -0.39 is 0 Å². The van der Waals surface area contributed by atoms with Gasteiger partial charge in [-0.15, -0.1) is 10.2 Å². The molecular formula is C58H36N4. The molecular weight excluding hydrogens is 753 g/mol. The first-order valence-electron chi connectivity index (χ1n) is 21.0. The lowest BCUT2D eigenvalue weighted by Crippen LogP contribution is -2.25. The fourth-order valence-corrected chi connectivity index (χ4v) is 9.53. The molecule has 1 aliphatic carbocycles. The molecule has 0 atom stereocenters. The lowest BCUT2D eigenvalue weighted by atomic mass is 9.82. The lowest BCUT2D eigenvalue weighted by Gasteiger charge is -2.22. The Morgan fingerprint density at radius 1 is 0.274 bits per heavy atom. The Morgan fingerprint density at radius 3 is 1.37 bits per heavy atom. The van der Waals surface area contributed by atoms with Gasteiger partial charge in [-0.25, -0.2) is 4.99 Å². The molecule has 0 bridgehead atoms. The van der Waals surface area contributed by atoms with Crippen LogP contribution in [0.3, 0.4) is 0 Å². The predicted molar refractivity (Wildman–Crippen MR) is 253 cm³/mol. The van der Waals surface area contributed by atoms with Gasteiger partial charge in [-0.1, -0.05) is 206 Å². The van der Waals surface area contributed by atoms with Crippen LogP contribution in [0, 0.1) is 0 Å². The minimum atomic E-state index is 0.761. The molecule has 12 rings (SSSR count). The Bertz CT molecular complexity index is 3510. The minimum absolute atomic E-state index is 0.761. The molecule has 0 amide bonds. The van der Waals surface area contributed by atoms with E-state index in [1.54, 1.807) is 0 Å². The first kappa shape index (κ1) is 35.6. The zero-order valence-corrected chi connectivity index (χ0v) is 33.6. The molecule has 0 fully saturated rings. The van der Waals surface area contributed by atoms with Crippen molar-refractivity contribution < 1.29 is 0 Å². The second-order valence-corrected chi connectivity index (χ2v) is 15.7. The highest BCUT2D eigenvalue weighted by Gasteiger charge is 2.30. The summed E-state index contributed by atoms with van der Waals surface area (Å²) in [5.74, 6) is 0. The van der Waals surface area contributed by atoms with E-state index in [1.807, 2.05) is 0 Å². The van der Waals surface area contributed by atoms with Gasteiger partial charge >= 0.3 is 0 Å². The summed E-state index contributed by atoms with van der Waals surface area (Å²) in [7, 11) is 0. The summed E-state index contributed by atoms with van der Waals surface area (Å²) < 4.78 is 0. The highest BCUT2D eigenvalue weighted by molar-refractivity contribution is 6.07. The molecule has 62 heavy (non-hydrogen) atoms. The van der Waals surface area contributed by atoms with E-state index in [2.05, 4.69) is 218 Å². The van der Waals surface area contributed by atoms with Crippen LogP contribution in [0.2, 0.25) is 0 Å². The topological polar surface area (TPSA) is 51.0 Å². The zero-order valence-electron chi connectivity index (χ0n) is 33.6. The monoisotopic (exact) mass is 788 g/mol. The number of para-hydroxylation sites is 1. The van der Waals surface area contributed by atoms with Gasteiger partial charge in [0.15, 0.2) is 0 Å². The number of nitrogens with zero attached hydrogens (tertiary/aromatic N) is 4. The van der Waals surface area contributed by atoms with E-state index in [0.717, 1.165) is 122 Å². The van der Waals surface area contributed by atoms with Crippen molar-refractivity contribution in [2.45, 2.75) is 0 Å². The molecule has 288 valence electrons. The maximum atomic E-state index is 5.24. The van der Waals surface area contributed by atoms with Crippen molar-refractivity contribution >= 4 is 11.8 Å². The van der Waals surface area contributed by atoms with Crippen molar-refractivity contribution in [1.29, 1.82) is 0 Å². The molecule has 1 aromatic heterocycles. The minimum Gasteiger partial charge on any atom is -0.247 e. The van der Waals surface area contributed by atoms with E-state index in [9.17, 15) is 0 Å². The van der Waals surface area contributed by atoms with E-state index >= 15 is 0 Å². The van der Waals surface area contributed by atoms with Crippen LogP contribution in [0.5, 0.6) is 0 Å². The highest BCUT2D eigenvalue weighted by Crippen LogP contribution is 2.50. The summed E-state index contributed by atoms with van der Waals surface area (Å²) in [6.07, 6.45) is 2.34. The molecule has 1 aliphatic heterocycles. The van der Waals surface area contributed by atoms with Crippen LogP contribution in [-0.4, -0.2) is 15.4 Å². The summed E-state index contributed by atoms with van der Waals surface area (Å²) in [6.45, 7) is 0. The molecule has 0 radical (unpaired) electrons. The van der Waals surface area contributed by atoms with Crippen LogP contribution in [0.1, 0.15) is 5.56 Å². The summed E-state index contributed by atoms with van der Waals surface area (Å²) >= 11 is 0. The summed E-state index contributed by atoms with van der Waals surface area (Å²) in [5, 5.41) is 17.0. The lowest BCUT2D eigenvalue weighted by molar-refractivity contribution is 0.879. The highest BCUT2D eigenvalue weighted by atomic mass is 15.3. The Hall–Kier alpha value is -8.34. The van der Waals surface area contributed by atoms with E-state index in [0.29, 0.717) is 0 Å². The van der Waals surface area contributed by atoms with E-state index in [-0.39, 0.29) is 0 Å². The molecule has 0 N–H and O–H groups in total. The molecule has 4 nitrogen and oxygen atoms in total. The maximum absolute atomic E-state index is 5.24. The number of hydrogen-bond donors (Lipinski definition) is 0. The van der Waals surface area contributed by atoms with E-state index in [4.69, 9.17) is 20.4 Å². The average Bonchev–Trinajstić information content (AvgIpc) is 3.93. The van der Waals surface area contributed by atoms with Crippen LogP contribution in [-0.2, 0) is 0 Å². The third-order valence-electron chi connectivity index (χ3n) is 12.3. The third-order valence-corrected chi connectivity index (χ3v) is 12.3. The number of fused-ring (bicyclic) bond motifs is 7.